The molecule has 5 heteroatoms. The molecule has 0 aromatic heterocycles. The van der Waals surface area contributed by atoms with Gasteiger partial charge in [-0.05, 0) is 37.1 Å². The zero-order valence-corrected chi connectivity index (χ0v) is 12.5. The number of benzene rings is 1. The number of hydrogen-bond donors (Lipinski definition) is 0. The maximum atomic E-state index is 11.6. The van der Waals surface area contributed by atoms with Gasteiger partial charge in [-0.3, -0.25) is 9.69 Å². The number of carbonyl (C=O) groups excluding carboxylic acids is 2. The van der Waals surface area contributed by atoms with Crippen LogP contribution in [-0.4, -0.2) is 44.1 Å². The molecule has 0 N–H and O–H groups in total. The molecule has 0 aliphatic carbocycles. The summed E-state index contributed by atoms with van der Waals surface area (Å²) in [6.07, 6.45) is 1.86. The van der Waals surface area contributed by atoms with Crippen molar-refractivity contribution >= 4 is 11.9 Å². The lowest BCUT2D eigenvalue weighted by Gasteiger charge is -2.31. The summed E-state index contributed by atoms with van der Waals surface area (Å²) in [6, 6.07) is 7.41. The molecule has 21 heavy (non-hydrogen) atoms. The van der Waals surface area contributed by atoms with E-state index in [0.29, 0.717) is 12.1 Å². The fourth-order valence-corrected chi connectivity index (χ4v) is 2.73. The molecule has 5 nitrogen and oxygen atoms in total. The third-order valence-corrected chi connectivity index (χ3v) is 3.79. The first-order valence-electron chi connectivity index (χ1n) is 7.11. The quantitative estimate of drug-likeness (QED) is 0.793. The lowest BCUT2D eigenvalue weighted by atomic mass is 9.97. The number of hydrogen-bond acceptors (Lipinski definition) is 5. The van der Waals surface area contributed by atoms with E-state index in [1.807, 2.05) is 18.2 Å². The Bertz CT molecular complexity index is 515. The summed E-state index contributed by atoms with van der Waals surface area (Å²) in [4.78, 5) is 25.4. The lowest BCUT2D eigenvalue weighted by molar-refractivity contribution is -0.147. The lowest BCUT2D eigenvalue weighted by Crippen LogP contribution is -2.38. The van der Waals surface area contributed by atoms with Crippen LogP contribution < -0.4 is 0 Å². The molecule has 0 spiro atoms. The third kappa shape index (κ3) is 4.04. The maximum absolute atomic E-state index is 11.6. The number of piperidine rings is 1. The zero-order valence-electron chi connectivity index (χ0n) is 12.5. The summed E-state index contributed by atoms with van der Waals surface area (Å²) >= 11 is 0. The van der Waals surface area contributed by atoms with Crippen molar-refractivity contribution in [1.82, 2.24) is 4.90 Å². The monoisotopic (exact) mass is 291 g/mol. The smallest absolute Gasteiger partial charge is 0.337 e. The van der Waals surface area contributed by atoms with Gasteiger partial charge in [0.1, 0.15) is 0 Å². The molecule has 1 aliphatic heterocycles. The molecule has 1 aromatic rings. The van der Waals surface area contributed by atoms with Crippen LogP contribution >= 0.6 is 0 Å². The summed E-state index contributed by atoms with van der Waals surface area (Å²) < 4.78 is 9.56. The van der Waals surface area contributed by atoms with Gasteiger partial charge in [0, 0.05) is 13.1 Å². The predicted octanol–water partition coefficient (Wildman–Crippen LogP) is 1.86. The fraction of sp³-hybridized carbons (Fsp3) is 0.500. The molecule has 1 heterocycles. The SMILES string of the molecule is COC(=O)c1cccc(CN2CCCC(C(=O)OC)C2)c1. The van der Waals surface area contributed by atoms with E-state index >= 15 is 0 Å². The Labute approximate surface area is 124 Å². The van der Waals surface area contributed by atoms with Crippen LogP contribution in [0.15, 0.2) is 24.3 Å². The van der Waals surface area contributed by atoms with Crippen molar-refractivity contribution in [2.75, 3.05) is 27.3 Å². The van der Waals surface area contributed by atoms with Crippen LogP contribution in [-0.2, 0) is 20.8 Å². The molecule has 1 aromatic carbocycles. The van der Waals surface area contributed by atoms with Crippen LogP contribution in [0.4, 0.5) is 0 Å². The molecule has 1 saturated heterocycles. The van der Waals surface area contributed by atoms with Gasteiger partial charge in [0.25, 0.3) is 0 Å². The summed E-state index contributed by atoms with van der Waals surface area (Å²) in [5.41, 5.74) is 1.60. The summed E-state index contributed by atoms with van der Waals surface area (Å²) in [6.45, 7) is 2.38. The normalized spacial score (nSPS) is 19.0. The highest BCUT2D eigenvalue weighted by molar-refractivity contribution is 5.89. The second kappa shape index (κ2) is 7.22. The maximum Gasteiger partial charge on any atom is 0.337 e. The van der Waals surface area contributed by atoms with E-state index < -0.39 is 0 Å². The highest BCUT2D eigenvalue weighted by Gasteiger charge is 2.26. The van der Waals surface area contributed by atoms with Crippen LogP contribution in [0.5, 0.6) is 0 Å². The Kier molecular flexibility index (Phi) is 5.33. The average molecular weight is 291 g/mol. The zero-order chi connectivity index (χ0) is 15.2. The van der Waals surface area contributed by atoms with Gasteiger partial charge in [-0.2, -0.15) is 0 Å². The van der Waals surface area contributed by atoms with Crippen molar-refractivity contribution in [1.29, 1.82) is 0 Å². The van der Waals surface area contributed by atoms with E-state index in [1.54, 1.807) is 6.07 Å². The Balaban J connectivity index is 2.01. The number of ether oxygens (including phenoxy) is 2. The first kappa shape index (κ1) is 15.5. The van der Waals surface area contributed by atoms with E-state index in [4.69, 9.17) is 9.47 Å². The molecule has 0 bridgehead atoms. The molecule has 0 amide bonds. The Hall–Kier alpha value is -1.88. The standard InChI is InChI=1S/C16H21NO4/c1-20-15(18)13-6-3-5-12(9-13)10-17-8-4-7-14(11-17)16(19)21-2/h3,5-6,9,14H,4,7-8,10-11H2,1-2H3. The number of esters is 2. The molecule has 114 valence electrons. The van der Waals surface area contributed by atoms with Crippen molar-refractivity contribution in [2.45, 2.75) is 19.4 Å². The highest BCUT2D eigenvalue weighted by atomic mass is 16.5. The minimum absolute atomic E-state index is 0.0486. The third-order valence-electron chi connectivity index (χ3n) is 3.79. The Morgan fingerprint density at radius 1 is 1.29 bits per heavy atom. The van der Waals surface area contributed by atoms with Gasteiger partial charge < -0.3 is 9.47 Å². The predicted molar refractivity (Wildman–Crippen MR) is 77.8 cm³/mol. The van der Waals surface area contributed by atoms with E-state index in [1.165, 1.54) is 14.2 Å². The van der Waals surface area contributed by atoms with Crippen LogP contribution in [0.1, 0.15) is 28.8 Å². The van der Waals surface area contributed by atoms with E-state index in [-0.39, 0.29) is 17.9 Å². The van der Waals surface area contributed by atoms with Crippen LogP contribution in [0.25, 0.3) is 0 Å². The first-order chi connectivity index (χ1) is 10.1. The topological polar surface area (TPSA) is 55.8 Å². The van der Waals surface area contributed by atoms with Crippen molar-refractivity contribution in [2.24, 2.45) is 5.92 Å². The van der Waals surface area contributed by atoms with Crippen LogP contribution in [0.2, 0.25) is 0 Å². The van der Waals surface area contributed by atoms with Crippen molar-refractivity contribution in [3.8, 4) is 0 Å². The summed E-state index contributed by atoms with van der Waals surface area (Å²) in [5.74, 6) is -0.515. The molecular weight excluding hydrogens is 270 g/mol. The van der Waals surface area contributed by atoms with Crippen molar-refractivity contribution in [3.63, 3.8) is 0 Å². The number of methoxy groups -OCH3 is 2. The molecule has 0 saturated carbocycles. The average Bonchev–Trinajstić information content (AvgIpc) is 2.53. The summed E-state index contributed by atoms with van der Waals surface area (Å²) in [5, 5.41) is 0. The van der Waals surface area contributed by atoms with E-state index in [2.05, 4.69) is 4.90 Å². The molecule has 1 atom stereocenters. The second-order valence-electron chi connectivity index (χ2n) is 5.29. The minimum Gasteiger partial charge on any atom is -0.469 e. The first-order valence-corrected chi connectivity index (χ1v) is 7.11. The van der Waals surface area contributed by atoms with Gasteiger partial charge in [0.05, 0.1) is 25.7 Å². The van der Waals surface area contributed by atoms with Gasteiger partial charge in [0.15, 0.2) is 0 Å². The van der Waals surface area contributed by atoms with E-state index in [0.717, 1.165) is 31.5 Å². The molecular formula is C16H21NO4. The van der Waals surface area contributed by atoms with Crippen LogP contribution in [0.3, 0.4) is 0 Å². The minimum atomic E-state index is -0.331. The van der Waals surface area contributed by atoms with Gasteiger partial charge >= 0.3 is 11.9 Å². The number of nitrogens with zero attached hydrogens (tertiary/aromatic N) is 1. The number of likely N-dealkylation sites (tertiary alicyclic amines) is 1. The Morgan fingerprint density at radius 3 is 2.81 bits per heavy atom. The number of rotatable bonds is 4. The fourth-order valence-electron chi connectivity index (χ4n) is 2.73. The molecule has 1 aliphatic rings. The van der Waals surface area contributed by atoms with Gasteiger partial charge in [-0.15, -0.1) is 0 Å². The second-order valence-corrected chi connectivity index (χ2v) is 5.29. The Morgan fingerprint density at radius 2 is 2.10 bits per heavy atom. The molecule has 1 unspecified atom stereocenters. The largest absolute Gasteiger partial charge is 0.469 e. The summed E-state index contributed by atoms with van der Waals surface area (Å²) in [7, 11) is 2.81. The van der Waals surface area contributed by atoms with Gasteiger partial charge in [0.2, 0.25) is 0 Å². The van der Waals surface area contributed by atoms with E-state index in [9.17, 15) is 9.59 Å². The number of carbonyl (C=O) groups is 2. The van der Waals surface area contributed by atoms with Gasteiger partial charge in [-0.25, -0.2) is 4.79 Å². The van der Waals surface area contributed by atoms with Crippen molar-refractivity contribution < 1.29 is 19.1 Å². The van der Waals surface area contributed by atoms with Gasteiger partial charge in [-0.1, -0.05) is 12.1 Å². The molecule has 1 fully saturated rings. The van der Waals surface area contributed by atoms with Crippen molar-refractivity contribution in [3.05, 3.63) is 35.4 Å². The highest BCUT2D eigenvalue weighted by Crippen LogP contribution is 2.20. The molecule has 0 radical (unpaired) electrons. The molecule has 2 rings (SSSR count). The van der Waals surface area contributed by atoms with Crippen LogP contribution in [0, 0.1) is 5.92 Å².